The van der Waals surface area contributed by atoms with E-state index in [2.05, 4.69) is 45.0 Å². The van der Waals surface area contributed by atoms with Gasteiger partial charge in [0.2, 0.25) is 0 Å². The van der Waals surface area contributed by atoms with Crippen LogP contribution in [-0.2, 0) is 6.42 Å². The Hall–Kier alpha value is -3.25. The van der Waals surface area contributed by atoms with Crippen LogP contribution in [0.25, 0.3) is 16.9 Å². The van der Waals surface area contributed by atoms with Gasteiger partial charge in [-0.1, -0.05) is 42.5 Å². The molecule has 2 aromatic carbocycles. The van der Waals surface area contributed by atoms with Gasteiger partial charge in [0.05, 0.1) is 28.1 Å². The molecule has 0 saturated heterocycles. The molecule has 0 aliphatic heterocycles. The summed E-state index contributed by atoms with van der Waals surface area (Å²) in [7, 11) is 0. The first kappa shape index (κ1) is 18.1. The summed E-state index contributed by atoms with van der Waals surface area (Å²) in [4.78, 5) is 16.9. The van der Waals surface area contributed by atoms with E-state index in [-0.39, 0.29) is 5.91 Å². The summed E-state index contributed by atoms with van der Waals surface area (Å²) >= 11 is 1.65. The lowest BCUT2D eigenvalue weighted by Crippen LogP contribution is -2.25. The van der Waals surface area contributed by atoms with E-state index in [0.717, 1.165) is 28.4 Å². The highest BCUT2D eigenvalue weighted by Crippen LogP contribution is 2.21. The molecular formula is C22H20N4OS. The minimum atomic E-state index is -0.114. The van der Waals surface area contributed by atoms with Crippen LogP contribution in [0, 0.1) is 6.92 Å². The fourth-order valence-electron chi connectivity index (χ4n) is 2.92. The van der Waals surface area contributed by atoms with Crippen LogP contribution in [0.1, 0.15) is 20.9 Å². The zero-order valence-electron chi connectivity index (χ0n) is 15.5. The third-order valence-electron chi connectivity index (χ3n) is 4.43. The van der Waals surface area contributed by atoms with E-state index in [1.165, 1.54) is 5.56 Å². The SMILES string of the molecule is Cc1nc(-c2ccc(CCNC(=O)c3cnn(-c4ccccc4)c3)cc2)cs1. The zero-order chi connectivity index (χ0) is 19.3. The van der Waals surface area contributed by atoms with Gasteiger partial charge < -0.3 is 5.32 Å². The number of rotatable bonds is 6. The number of hydrogen-bond donors (Lipinski definition) is 1. The van der Waals surface area contributed by atoms with Gasteiger partial charge in [0, 0.05) is 23.7 Å². The molecule has 0 radical (unpaired) electrons. The number of carbonyl (C=O) groups is 1. The van der Waals surface area contributed by atoms with E-state index in [4.69, 9.17) is 0 Å². The van der Waals surface area contributed by atoms with Crippen molar-refractivity contribution in [2.45, 2.75) is 13.3 Å². The normalized spacial score (nSPS) is 10.8. The number of benzene rings is 2. The molecule has 0 atom stereocenters. The summed E-state index contributed by atoms with van der Waals surface area (Å²) in [5, 5.41) is 10.4. The summed E-state index contributed by atoms with van der Waals surface area (Å²) in [5.74, 6) is -0.114. The monoisotopic (exact) mass is 388 g/mol. The third kappa shape index (κ3) is 4.18. The summed E-state index contributed by atoms with van der Waals surface area (Å²) in [6, 6.07) is 18.1. The predicted octanol–water partition coefficient (Wildman–Crippen LogP) is 4.28. The zero-order valence-corrected chi connectivity index (χ0v) is 16.3. The standard InChI is InChI=1S/C22H20N4OS/c1-16-25-21(15-28-16)18-9-7-17(8-10-18)11-12-23-22(27)19-13-24-26(14-19)20-5-3-2-4-6-20/h2-10,13-15H,11-12H2,1H3,(H,23,27). The van der Waals surface area contributed by atoms with Gasteiger partial charge in [0.1, 0.15) is 0 Å². The van der Waals surface area contributed by atoms with Crippen LogP contribution in [0.4, 0.5) is 0 Å². The van der Waals surface area contributed by atoms with Crippen LogP contribution >= 0.6 is 11.3 Å². The van der Waals surface area contributed by atoms with E-state index >= 15 is 0 Å². The van der Waals surface area contributed by atoms with Gasteiger partial charge in [0.25, 0.3) is 5.91 Å². The second kappa shape index (κ2) is 8.19. The Morgan fingerprint density at radius 3 is 2.61 bits per heavy atom. The van der Waals surface area contributed by atoms with E-state index in [0.29, 0.717) is 12.1 Å². The van der Waals surface area contributed by atoms with Gasteiger partial charge in [-0.3, -0.25) is 4.79 Å². The van der Waals surface area contributed by atoms with Crippen LogP contribution in [0.5, 0.6) is 0 Å². The molecule has 0 spiro atoms. The summed E-state index contributed by atoms with van der Waals surface area (Å²) < 4.78 is 1.70. The predicted molar refractivity (Wildman–Crippen MR) is 112 cm³/mol. The molecule has 0 unspecified atom stereocenters. The fraction of sp³-hybridized carbons (Fsp3) is 0.136. The van der Waals surface area contributed by atoms with Crippen molar-refractivity contribution in [2.75, 3.05) is 6.54 Å². The van der Waals surface area contributed by atoms with Crippen molar-refractivity contribution < 1.29 is 4.79 Å². The molecule has 1 amide bonds. The van der Waals surface area contributed by atoms with Gasteiger partial charge in [-0.2, -0.15) is 5.10 Å². The van der Waals surface area contributed by atoms with Crippen molar-refractivity contribution in [1.29, 1.82) is 0 Å². The van der Waals surface area contributed by atoms with Crippen LogP contribution in [0.3, 0.4) is 0 Å². The molecule has 0 saturated carbocycles. The fourth-order valence-corrected chi connectivity index (χ4v) is 3.54. The van der Waals surface area contributed by atoms with Gasteiger partial charge in [0.15, 0.2) is 0 Å². The minimum absolute atomic E-state index is 0.114. The largest absolute Gasteiger partial charge is 0.352 e. The van der Waals surface area contributed by atoms with Gasteiger partial charge in [-0.25, -0.2) is 9.67 Å². The van der Waals surface area contributed by atoms with E-state index in [1.54, 1.807) is 28.4 Å². The number of hydrogen-bond acceptors (Lipinski definition) is 4. The van der Waals surface area contributed by atoms with Gasteiger partial charge in [-0.15, -0.1) is 11.3 Å². The summed E-state index contributed by atoms with van der Waals surface area (Å²) in [6.45, 7) is 2.58. The van der Waals surface area contributed by atoms with E-state index < -0.39 is 0 Å². The molecule has 6 heteroatoms. The Bertz CT molecular complexity index is 1070. The van der Waals surface area contributed by atoms with Crippen LogP contribution in [0.2, 0.25) is 0 Å². The number of thiazole rings is 1. The number of aromatic nitrogens is 3. The molecule has 1 N–H and O–H groups in total. The maximum Gasteiger partial charge on any atom is 0.254 e. The van der Waals surface area contributed by atoms with Crippen LogP contribution in [-0.4, -0.2) is 27.2 Å². The first-order valence-corrected chi connectivity index (χ1v) is 9.97. The van der Waals surface area contributed by atoms with Crippen molar-refractivity contribution in [3.8, 4) is 16.9 Å². The number of carbonyl (C=O) groups excluding carboxylic acids is 1. The highest BCUT2D eigenvalue weighted by molar-refractivity contribution is 7.09. The number of nitrogens with zero attached hydrogens (tertiary/aromatic N) is 3. The van der Waals surface area contributed by atoms with Crippen molar-refractivity contribution in [1.82, 2.24) is 20.1 Å². The minimum Gasteiger partial charge on any atom is -0.352 e. The molecule has 4 aromatic rings. The molecule has 0 aliphatic carbocycles. The quantitative estimate of drug-likeness (QED) is 0.536. The number of amides is 1. The topological polar surface area (TPSA) is 59.8 Å². The maximum atomic E-state index is 12.3. The summed E-state index contributed by atoms with van der Waals surface area (Å²) in [5.41, 5.74) is 4.79. The van der Waals surface area contributed by atoms with Crippen LogP contribution < -0.4 is 5.32 Å². The Labute approximate surface area is 167 Å². The summed E-state index contributed by atoms with van der Waals surface area (Å²) in [6.07, 6.45) is 4.11. The highest BCUT2D eigenvalue weighted by Gasteiger charge is 2.09. The molecule has 0 bridgehead atoms. The molecule has 28 heavy (non-hydrogen) atoms. The molecule has 5 nitrogen and oxygen atoms in total. The lowest BCUT2D eigenvalue weighted by Gasteiger charge is -2.05. The molecule has 140 valence electrons. The average molecular weight is 388 g/mol. The van der Waals surface area contributed by atoms with Gasteiger partial charge >= 0.3 is 0 Å². The van der Waals surface area contributed by atoms with Crippen molar-refractivity contribution in [3.05, 3.63) is 88.5 Å². The lowest BCUT2D eigenvalue weighted by molar-refractivity contribution is 0.0954. The Morgan fingerprint density at radius 1 is 1.11 bits per heavy atom. The Kier molecular flexibility index (Phi) is 5.30. The van der Waals surface area contributed by atoms with Crippen LogP contribution in [0.15, 0.2) is 72.4 Å². The molecule has 0 aliphatic rings. The molecule has 2 aromatic heterocycles. The maximum absolute atomic E-state index is 12.3. The third-order valence-corrected chi connectivity index (χ3v) is 5.21. The first-order chi connectivity index (χ1) is 13.7. The highest BCUT2D eigenvalue weighted by atomic mass is 32.1. The smallest absolute Gasteiger partial charge is 0.254 e. The molecular weight excluding hydrogens is 368 g/mol. The average Bonchev–Trinajstić information content (AvgIpc) is 3.39. The van der Waals surface area contributed by atoms with E-state index in [9.17, 15) is 4.79 Å². The van der Waals surface area contributed by atoms with E-state index in [1.807, 2.05) is 37.3 Å². The second-order valence-corrected chi connectivity index (χ2v) is 7.53. The second-order valence-electron chi connectivity index (χ2n) is 6.46. The molecule has 2 heterocycles. The van der Waals surface area contributed by atoms with Crippen molar-refractivity contribution in [3.63, 3.8) is 0 Å². The Morgan fingerprint density at radius 2 is 1.89 bits per heavy atom. The molecule has 4 rings (SSSR count). The molecule has 0 fully saturated rings. The van der Waals surface area contributed by atoms with Crippen molar-refractivity contribution >= 4 is 17.2 Å². The number of aryl methyl sites for hydroxylation is 1. The first-order valence-electron chi connectivity index (χ1n) is 9.09. The Balaban J connectivity index is 1.31. The number of nitrogens with one attached hydrogen (secondary N) is 1. The lowest BCUT2D eigenvalue weighted by atomic mass is 10.1. The van der Waals surface area contributed by atoms with Gasteiger partial charge in [-0.05, 0) is 31.0 Å². The number of para-hydroxylation sites is 1. The van der Waals surface area contributed by atoms with Crippen molar-refractivity contribution in [2.24, 2.45) is 0 Å².